The monoisotopic (exact) mass is 407 g/mol. The first-order valence-corrected chi connectivity index (χ1v) is 9.37. The van der Waals surface area contributed by atoms with Crippen molar-refractivity contribution in [3.05, 3.63) is 93.0 Å². The average Bonchev–Trinajstić information content (AvgIpc) is 3.17. The fourth-order valence-electron chi connectivity index (χ4n) is 3.21. The lowest BCUT2D eigenvalue weighted by Gasteiger charge is -2.12. The standard InChI is InChI=1S/C22H18ClN3O3/c1-14-11-20(27)26-13-19(16-7-9-18(23)10-8-16)24-22(26)25(14)12-15-3-5-17(6-4-15)21(28)29-2/h3-11,13H,12H2,1-2H3. The highest BCUT2D eigenvalue weighted by atomic mass is 35.5. The minimum Gasteiger partial charge on any atom is -0.465 e. The second-order valence-electron chi connectivity index (χ2n) is 6.70. The van der Waals surface area contributed by atoms with E-state index < -0.39 is 0 Å². The molecule has 0 amide bonds. The molecule has 0 unspecified atom stereocenters. The molecule has 146 valence electrons. The summed E-state index contributed by atoms with van der Waals surface area (Å²) in [6.07, 6.45) is 1.73. The Morgan fingerprint density at radius 3 is 2.45 bits per heavy atom. The molecule has 0 radical (unpaired) electrons. The molecule has 29 heavy (non-hydrogen) atoms. The van der Waals surface area contributed by atoms with Gasteiger partial charge in [0, 0.05) is 28.5 Å². The number of ether oxygens (including phenoxy) is 1. The number of rotatable bonds is 4. The van der Waals surface area contributed by atoms with Gasteiger partial charge in [0.2, 0.25) is 5.78 Å². The number of carbonyl (C=O) groups is 1. The van der Waals surface area contributed by atoms with Gasteiger partial charge in [0.25, 0.3) is 5.56 Å². The minimum atomic E-state index is -0.376. The number of methoxy groups -OCH3 is 1. The maximum atomic E-state index is 12.5. The van der Waals surface area contributed by atoms with Gasteiger partial charge in [-0.15, -0.1) is 0 Å². The molecule has 0 spiro atoms. The maximum Gasteiger partial charge on any atom is 0.337 e. The molecule has 0 aliphatic rings. The van der Waals surface area contributed by atoms with Crippen LogP contribution in [0.2, 0.25) is 5.02 Å². The maximum absolute atomic E-state index is 12.5. The van der Waals surface area contributed by atoms with Crippen molar-refractivity contribution in [1.82, 2.24) is 14.0 Å². The quantitative estimate of drug-likeness (QED) is 0.480. The Hall–Kier alpha value is -3.38. The fraction of sp³-hybridized carbons (Fsp3) is 0.136. The van der Waals surface area contributed by atoms with E-state index in [1.165, 1.54) is 7.11 Å². The number of benzene rings is 2. The zero-order chi connectivity index (χ0) is 20.5. The summed E-state index contributed by atoms with van der Waals surface area (Å²) in [5, 5.41) is 0.642. The van der Waals surface area contributed by atoms with Gasteiger partial charge in [-0.05, 0) is 36.8 Å². The number of fused-ring (bicyclic) bond motifs is 1. The summed E-state index contributed by atoms with van der Waals surface area (Å²) in [6.45, 7) is 2.38. The Morgan fingerprint density at radius 1 is 1.10 bits per heavy atom. The number of hydrogen-bond acceptors (Lipinski definition) is 4. The van der Waals surface area contributed by atoms with E-state index in [9.17, 15) is 9.59 Å². The molecule has 0 aliphatic carbocycles. The molecule has 4 aromatic rings. The van der Waals surface area contributed by atoms with Crippen molar-refractivity contribution in [2.75, 3.05) is 7.11 Å². The normalized spacial score (nSPS) is 11.0. The topological polar surface area (TPSA) is 65.6 Å². The van der Waals surface area contributed by atoms with Gasteiger partial charge in [-0.25, -0.2) is 9.78 Å². The van der Waals surface area contributed by atoms with Gasteiger partial charge in [-0.1, -0.05) is 35.9 Å². The molecule has 2 aromatic heterocycles. The number of esters is 1. The second-order valence-corrected chi connectivity index (χ2v) is 7.14. The summed E-state index contributed by atoms with van der Waals surface area (Å²) >= 11 is 5.97. The second kappa shape index (κ2) is 7.56. The molecule has 0 aliphatic heterocycles. The van der Waals surface area contributed by atoms with E-state index in [0.29, 0.717) is 28.6 Å². The SMILES string of the molecule is COC(=O)c1ccc(Cn2c(C)cc(=O)n3cc(-c4ccc(Cl)cc4)nc23)cc1. The van der Waals surface area contributed by atoms with Crippen LogP contribution in [0.25, 0.3) is 17.0 Å². The predicted molar refractivity (Wildman–Crippen MR) is 112 cm³/mol. The lowest BCUT2D eigenvalue weighted by molar-refractivity contribution is 0.0600. The van der Waals surface area contributed by atoms with Crippen molar-refractivity contribution in [3.63, 3.8) is 0 Å². The van der Waals surface area contributed by atoms with E-state index in [0.717, 1.165) is 16.8 Å². The Labute approximate surface area is 172 Å². The van der Waals surface area contributed by atoms with Crippen LogP contribution < -0.4 is 5.56 Å². The first-order valence-electron chi connectivity index (χ1n) is 8.99. The van der Waals surface area contributed by atoms with E-state index in [-0.39, 0.29) is 11.5 Å². The van der Waals surface area contributed by atoms with E-state index in [1.807, 2.05) is 35.8 Å². The van der Waals surface area contributed by atoms with Crippen LogP contribution in [0.4, 0.5) is 0 Å². The van der Waals surface area contributed by atoms with Gasteiger partial charge in [0.05, 0.1) is 24.9 Å². The third-order valence-corrected chi connectivity index (χ3v) is 5.03. The number of aromatic nitrogens is 3. The van der Waals surface area contributed by atoms with Crippen LogP contribution in [0.1, 0.15) is 21.6 Å². The smallest absolute Gasteiger partial charge is 0.337 e. The summed E-state index contributed by atoms with van der Waals surface area (Å²) < 4.78 is 8.24. The number of imidazole rings is 1. The van der Waals surface area contributed by atoms with E-state index >= 15 is 0 Å². The third-order valence-electron chi connectivity index (χ3n) is 4.78. The average molecular weight is 408 g/mol. The largest absolute Gasteiger partial charge is 0.465 e. The first-order chi connectivity index (χ1) is 14.0. The van der Waals surface area contributed by atoms with Crippen molar-refractivity contribution in [2.24, 2.45) is 0 Å². The Morgan fingerprint density at radius 2 is 1.79 bits per heavy atom. The molecular weight excluding hydrogens is 390 g/mol. The predicted octanol–water partition coefficient (Wildman–Crippen LogP) is 3.96. The Balaban J connectivity index is 1.76. The number of carbonyl (C=O) groups excluding carboxylic acids is 1. The molecule has 0 N–H and O–H groups in total. The molecule has 2 heterocycles. The lowest BCUT2D eigenvalue weighted by Crippen LogP contribution is -2.19. The molecule has 0 bridgehead atoms. The minimum absolute atomic E-state index is 0.137. The highest BCUT2D eigenvalue weighted by molar-refractivity contribution is 6.30. The number of halogens is 1. The summed E-state index contributed by atoms with van der Waals surface area (Å²) in [4.78, 5) is 28.8. The number of hydrogen-bond donors (Lipinski definition) is 0. The molecule has 0 atom stereocenters. The van der Waals surface area contributed by atoms with E-state index in [1.54, 1.807) is 40.9 Å². The van der Waals surface area contributed by atoms with E-state index in [4.69, 9.17) is 21.3 Å². The van der Waals surface area contributed by atoms with Crippen molar-refractivity contribution in [2.45, 2.75) is 13.5 Å². The van der Waals surface area contributed by atoms with Crippen molar-refractivity contribution < 1.29 is 9.53 Å². The van der Waals surface area contributed by atoms with Gasteiger partial charge < -0.3 is 9.30 Å². The van der Waals surface area contributed by atoms with Gasteiger partial charge in [0.15, 0.2) is 0 Å². The van der Waals surface area contributed by atoms with Crippen LogP contribution in [0.15, 0.2) is 65.6 Å². The molecule has 7 heteroatoms. The van der Waals surface area contributed by atoms with Gasteiger partial charge in [0.1, 0.15) is 0 Å². The number of nitrogens with zero attached hydrogens (tertiary/aromatic N) is 3. The van der Waals surface area contributed by atoms with Crippen molar-refractivity contribution in [1.29, 1.82) is 0 Å². The highest BCUT2D eigenvalue weighted by Gasteiger charge is 2.13. The van der Waals surface area contributed by atoms with Crippen molar-refractivity contribution in [3.8, 4) is 11.3 Å². The summed E-state index contributed by atoms with van der Waals surface area (Å²) in [5.74, 6) is 0.177. The number of aryl methyl sites for hydroxylation is 1. The summed E-state index contributed by atoms with van der Waals surface area (Å²) in [5.41, 5.74) is 3.70. The third kappa shape index (κ3) is 3.67. The molecular formula is C22H18ClN3O3. The van der Waals surface area contributed by atoms with Crippen LogP contribution in [0.3, 0.4) is 0 Å². The molecule has 0 saturated heterocycles. The molecule has 6 nitrogen and oxygen atoms in total. The highest BCUT2D eigenvalue weighted by Crippen LogP contribution is 2.21. The molecule has 2 aromatic carbocycles. The van der Waals surface area contributed by atoms with Gasteiger partial charge >= 0.3 is 5.97 Å². The molecule has 0 fully saturated rings. The van der Waals surface area contributed by atoms with Crippen LogP contribution in [0.5, 0.6) is 0 Å². The van der Waals surface area contributed by atoms with Crippen LogP contribution in [-0.2, 0) is 11.3 Å². The first kappa shape index (κ1) is 19.0. The van der Waals surface area contributed by atoms with E-state index in [2.05, 4.69) is 0 Å². The lowest BCUT2D eigenvalue weighted by atomic mass is 10.1. The zero-order valence-corrected chi connectivity index (χ0v) is 16.7. The Kier molecular flexibility index (Phi) is 4.94. The molecule has 0 saturated carbocycles. The molecule has 4 rings (SSSR count). The van der Waals surface area contributed by atoms with Crippen LogP contribution in [-0.4, -0.2) is 27.0 Å². The van der Waals surface area contributed by atoms with Crippen molar-refractivity contribution >= 4 is 23.3 Å². The zero-order valence-electron chi connectivity index (χ0n) is 15.9. The van der Waals surface area contributed by atoms with Crippen LogP contribution in [0, 0.1) is 6.92 Å². The van der Waals surface area contributed by atoms with Crippen LogP contribution >= 0.6 is 11.6 Å². The Bertz CT molecular complexity index is 1260. The van der Waals surface area contributed by atoms with Gasteiger partial charge in [-0.3, -0.25) is 9.20 Å². The summed E-state index contributed by atoms with van der Waals surface area (Å²) in [6, 6.07) is 16.1. The summed E-state index contributed by atoms with van der Waals surface area (Å²) in [7, 11) is 1.35. The van der Waals surface area contributed by atoms with Gasteiger partial charge in [-0.2, -0.15) is 0 Å². The fourth-order valence-corrected chi connectivity index (χ4v) is 3.33.